The summed E-state index contributed by atoms with van der Waals surface area (Å²) in [5.41, 5.74) is 6.92. The third kappa shape index (κ3) is 3.08. The van der Waals surface area contributed by atoms with E-state index in [1.807, 2.05) is 60.8 Å². The van der Waals surface area contributed by atoms with Gasteiger partial charge in [0.1, 0.15) is 5.52 Å². The number of amides is 1. The number of carbonyl (C=O) groups is 1. The van der Waals surface area contributed by atoms with Crippen LogP contribution >= 0.6 is 0 Å². The van der Waals surface area contributed by atoms with Crippen LogP contribution < -0.4 is 5.32 Å². The average Bonchev–Trinajstić information content (AvgIpc) is 3.27. The summed E-state index contributed by atoms with van der Waals surface area (Å²) in [6.07, 6.45) is 0.944. The Morgan fingerprint density at radius 2 is 1.90 bits per heavy atom. The van der Waals surface area contributed by atoms with Crippen molar-refractivity contribution in [1.82, 2.24) is 19.6 Å². The number of nitrogens with one attached hydrogen (secondary N) is 1. The Morgan fingerprint density at radius 3 is 2.77 bits per heavy atom. The lowest BCUT2D eigenvalue weighted by atomic mass is 10.1. The van der Waals surface area contributed by atoms with Crippen molar-refractivity contribution in [2.45, 2.75) is 33.6 Å². The van der Waals surface area contributed by atoms with Gasteiger partial charge in [-0.05, 0) is 56.2 Å². The Labute approximate surface area is 172 Å². The Balaban J connectivity index is 1.37. The molecule has 0 saturated carbocycles. The number of fused-ring (bicyclic) bond motifs is 4. The van der Waals surface area contributed by atoms with E-state index in [1.165, 1.54) is 0 Å². The first kappa shape index (κ1) is 18.3. The van der Waals surface area contributed by atoms with Gasteiger partial charge in [-0.2, -0.15) is 5.10 Å². The van der Waals surface area contributed by atoms with Crippen LogP contribution in [0.25, 0.3) is 27.6 Å². The highest BCUT2D eigenvalue weighted by Gasteiger charge is 2.15. The standard InChI is InChI=1S/C23H21N5O2/c1-13-17(14(2)28-23(24-13)18-6-4-5-7-19(18)27-28)9-11-22(29)26-16-8-10-21-20(12-16)25-15(3)30-21/h4-8,10,12H,9,11H2,1-3H3,(H,26,29). The Hall–Kier alpha value is -3.74. The first-order valence-electron chi connectivity index (χ1n) is 9.90. The lowest BCUT2D eigenvalue weighted by Crippen LogP contribution is -2.14. The Kier molecular flexibility index (Phi) is 4.24. The molecule has 0 saturated heterocycles. The first-order chi connectivity index (χ1) is 14.5. The fourth-order valence-electron chi connectivity index (χ4n) is 3.92. The summed E-state index contributed by atoms with van der Waals surface area (Å²) < 4.78 is 7.36. The summed E-state index contributed by atoms with van der Waals surface area (Å²) in [7, 11) is 0. The SMILES string of the molecule is Cc1nc2cc(NC(=O)CCc3c(C)nc4c5ccccc5nn4c3C)ccc2o1. The molecule has 0 spiro atoms. The monoisotopic (exact) mass is 399 g/mol. The minimum atomic E-state index is -0.0564. The Bertz CT molecular complexity index is 1430. The maximum absolute atomic E-state index is 12.6. The summed E-state index contributed by atoms with van der Waals surface area (Å²) in [6.45, 7) is 5.82. The fourth-order valence-corrected chi connectivity index (χ4v) is 3.92. The maximum Gasteiger partial charge on any atom is 0.224 e. The lowest BCUT2D eigenvalue weighted by Gasteiger charge is -2.11. The molecule has 7 nitrogen and oxygen atoms in total. The topological polar surface area (TPSA) is 85.3 Å². The van der Waals surface area contributed by atoms with Crippen molar-refractivity contribution in [3.05, 3.63) is 65.3 Å². The summed E-state index contributed by atoms with van der Waals surface area (Å²) in [6, 6.07) is 13.4. The van der Waals surface area contributed by atoms with E-state index in [2.05, 4.69) is 15.4 Å². The van der Waals surface area contributed by atoms with E-state index in [0.29, 0.717) is 30.0 Å². The van der Waals surface area contributed by atoms with E-state index in [9.17, 15) is 4.79 Å². The van der Waals surface area contributed by atoms with Gasteiger partial charge in [-0.15, -0.1) is 0 Å². The van der Waals surface area contributed by atoms with Crippen molar-refractivity contribution in [2.24, 2.45) is 0 Å². The van der Waals surface area contributed by atoms with E-state index < -0.39 is 0 Å². The zero-order chi connectivity index (χ0) is 20.8. The van der Waals surface area contributed by atoms with Crippen LogP contribution in [-0.2, 0) is 11.2 Å². The van der Waals surface area contributed by atoms with Gasteiger partial charge in [0.2, 0.25) is 5.91 Å². The zero-order valence-electron chi connectivity index (χ0n) is 17.1. The molecule has 0 unspecified atom stereocenters. The summed E-state index contributed by atoms with van der Waals surface area (Å²) in [5, 5.41) is 8.66. The van der Waals surface area contributed by atoms with Gasteiger partial charge in [-0.25, -0.2) is 14.5 Å². The van der Waals surface area contributed by atoms with Crippen LogP contribution in [-0.4, -0.2) is 25.5 Å². The van der Waals surface area contributed by atoms with Gasteiger partial charge in [-0.3, -0.25) is 4.79 Å². The molecule has 0 aliphatic heterocycles. The first-order valence-corrected chi connectivity index (χ1v) is 9.90. The molecule has 0 aliphatic carbocycles. The highest BCUT2D eigenvalue weighted by Crippen LogP contribution is 2.23. The zero-order valence-corrected chi connectivity index (χ0v) is 17.1. The number of carbonyl (C=O) groups excluding carboxylic acids is 1. The molecule has 3 heterocycles. The number of aryl methyl sites for hydroxylation is 3. The molecule has 7 heteroatoms. The van der Waals surface area contributed by atoms with Crippen molar-refractivity contribution >= 4 is 39.2 Å². The van der Waals surface area contributed by atoms with Crippen LogP contribution in [0.4, 0.5) is 5.69 Å². The van der Waals surface area contributed by atoms with Crippen molar-refractivity contribution in [3.8, 4) is 0 Å². The largest absolute Gasteiger partial charge is 0.441 e. The number of hydrogen-bond donors (Lipinski definition) is 1. The number of rotatable bonds is 4. The number of nitrogens with zero attached hydrogens (tertiary/aromatic N) is 4. The molecule has 1 N–H and O–H groups in total. The van der Waals surface area contributed by atoms with Gasteiger partial charge in [-0.1, -0.05) is 12.1 Å². The van der Waals surface area contributed by atoms with Crippen molar-refractivity contribution in [2.75, 3.05) is 5.32 Å². The van der Waals surface area contributed by atoms with Gasteiger partial charge in [0.15, 0.2) is 17.1 Å². The van der Waals surface area contributed by atoms with Crippen molar-refractivity contribution in [1.29, 1.82) is 0 Å². The van der Waals surface area contributed by atoms with Crippen LogP contribution in [0.2, 0.25) is 0 Å². The van der Waals surface area contributed by atoms with Crippen LogP contribution in [0.15, 0.2) is 46.9 Å². The Morgan fingerprint density at radius 1 is 1.07 bits per heavy atom. The molecule has 2 aromatic carbocycles. The molecule has 150 valence electrons. The van der Waals surface area contributed by atoms with Crippen LogP contribution in [0.3, 0.4) is 0 Å². The molecule has 30 heavy (non-hydrogen) atoms. The second kappa shape index (κ2) is 6.95. The van der Waals surface area contributed by atoms with Crippen LogP contribution in [0.5, 0.6) is 0 Å². The fraction of sp³-hybridized carbons (Fsp3) is 0.217. The minimum Gasteiger partial charge on any atom is -0.441 e. The molecular weight excluding hydrogens is 378 g/mol. The van der Waals surface area contributed by atoms with Gasteiger partial charge in [0.05, 0.1) is 5.52 Å². The molecule has 3 aromatic heterocycles. The van der Waals surface area contributed by atoms with Crippen LogP contribution in [0, 0.1) is 20.8 Å². The highest BCUT2D eigenvalue weighted by atomic mass is 16.3. The molecule has 0 radical (unpaired) electrons. The van der Waals surface area contributed by atoms with Crippen molar-refractivity contribution in [3.63, 3.8) is 0 Å². The number of oxazole rings is 1. The summed E-state index contributed by atoms with van der Waals surface area (Å²) >= 11 is 0. The molecule has 0 bridgehead atoms. The summed E-state index contributed by atoms with van der Waals surface area (Å²) in [5.74, 6) is 0.549. The molecule has 1 amide bonds. The van der Waals surface area contributed by atoms with Gasteiger partial charge >= 0.3 is 0 Å². The quantitative estimate of drug-likeness (QED) is 0.480. The third-order valence-electron chi connectivity index (χ3n) is 5.40. The summed E-state index contributed by atoms with van der Waals surface area (Å²) in [4.78, 5) is 21.6. The third-order valence-corrected chi connectivity index (χ3v) is 5.40. The molecule has 5 aromatic rings. The predicted molar refractivity (Wildman–Crippen MR) is 116 cm³/mol. The normalized spacial score (nSPS) is 11.6. The average molecular weight is 399 g/mol. The van der Waals surface area contributed by atoms with E-state index in [0.717, 1.165) is 39.0 Å². The number of anilines is 1. The number of benzene rings is 2. The lowest BCUT2D eigenvalue weighted by molar-refractivity contribution is -0.116. The molecule has 5 rings (SSSR count). The van der Waals surface area contributed by atoms with E-state index in [4.69, 9.17) is 9.40 Å². The van der Waals surface area contributed by atoms with Crippen molar-refractivity contribution < 1.29 is 9.21 Å². The second-order valence-electron chi connectivity index (χ2n) is 7.48. The van der Waals surface area contributed by atoms with Gasteiger partial charge in [0.25, 0.3) is 0 Å². The van der Waals surface area contributed by atoms with E-state index in [-0.39, 0.29) is 5.91 Å². The number of hydrogen-bond acceptors (Lipinski definition) is 5. The molecule has 0 atom stereocenters. The highest BCUT2D eigenvalue weighted by molar-refractivity contribution is 5.93. The molecular formula is C23H21N5O2. The molecule has 0 aliphatic rings. The van der Waals surface area contributed by atoms with Crippen LogP contribution in [0.1, 0.15) is 29.3 Å². The van der Waals surface area contributed by atoms with Gasteiger partial charge in [0, 0.05) is 35.8 Å². The van der Waals surface area contributed by atoms with Gasteiger partial charge < -0.3 is 9.73 Å². The second-order valence-corrected chi connectivity index (χ2v) is 7.48. The van der Waals surface area contributed by atoms with E-state index in [1.54, 1.807) is 6.92 Å². The maximum atomic E-state index is 12.6. The minimum absolute atomic E-state index is 0.0564. The smallest absolute Gasteiger partial charge is 0.224 e. The number of aromatic nitrogens is 4. The molecule has 0 fully saturated rings. The van der Waals surface area contributed by atoms with E-state index >= 15 is 0 Å². The predicted octanol–water partition coefficient (Wildman–Crippen LogP) is 4.52.